The third kappa shape index (κ3) is 2.79. The molecular formula is C15H28N2O2. The Balaban J connectivity index is 2.21. The summed E-state index contributed by atoms with van der Waals surface area (Å²) in [6.45, 7) is 4.69. The van der Waals surface area contributed by atoms with Crippen LogP contribution in [0.2, 0.25) is 0 Å². The van der Waals surface area contributed by atoms with Crippen LogP contribution in [0.3, 0.4) is 0 Å². The molecule has 4 heteroatoms. The third-order valence-corrected chi connectivity index (χ3v) is 4.98. The predicted octanol–water partition coefficient (Wildman–Crippen LogP) is 2.30. The number of likely N-dealkylation sites (N-methyl/N-ethyl adjacent to an activating group) is 1. The summed E-state index contributed by atoms with van der Waals surface area (Å²) in [5.74, 6) is 1.03. The Labute approximate surface area is 117 Å². The van der Waals surface area contributed by atoms with Crippen molar-refractivity contribution in [1.29, 1.82) is 0 Å². The summed E-state index contributed by atoms with van der Waals surface area (Å²) >= 11 is 0. The summed E-state index contributed by atoms with van der Waals surface area (Å²) < 4.78 is 5.29. The first kappa shape index (κ1) is 14.8. The molecule has 1 saturated heterocycles. The molecule has 0 radical (unpaired) electrons. The minimum Gasteiger partial charge on any atom is -0.465 e. The van der Waals surface area contributed by atoms with Crippen molar-refractivity contribution >= 4 is 5.97 Å². The van der Waals surface area contributed by atoms with Crippen molar-refractivity contribution < 1.29 is 9.53 Å². The van der Waals surface area contributed by atoms with Crippen molar-refractivity contribution in [1.82, 2.24) is 10.0 Å². The quantitative estimate of drug-likeness (QED) is 0.719. The van der Waals surface area contributed by atoms with Gasteiger partial charge in [0.05, 0.1) is 6.61 Å². The van der Waals surface area contributed by atoms with Crippen LogP contribution in [0.1, 0.15) is 46.0 Å². The molecule has 0 amide bonds. The van der Waals surface area contributed by atoms with Gasteiger partial charge in [-0.2, -0.15) is 0 Å². The van der Waals surface area contributed by atoms with Crippen molar-refractivity contribution in [3.05, 3.63) is 0 Å². The van der Waals surface area contributed by atoms with E-state index in [1.807, 2.05) is 14.0 Å². The lowest BCUT2D eigenvalue weighted by Gasteiger charge is -2.33. The Morgan fingerprint density at radius 3 is 2.53 bits per heavy atom. The van der Waals surface area contributed by atoms with Gasteiger partial charge in [-0.3, -0.25) is 4.79 Å². The average molecular weight is 268 g/mol. The molecule has 0 bridgehead atoms. The van der Waals surface area contributed by atoms with E-state index in [1.165, 1.54) is 25.7 Å². The van der Waals surface area contributed by atoms with E-state index in [1.54, 1.807) is 0 Å². The maximum atomic E-state index is 12.3. The fourth-order valence-corrected chi connectivity index (χ4v) is 4.02. The topological polar surface area (TPSA) is 32.8 Å². The summed E-state index contributed by atoms with van der Waals surface area (Å²) in [6, 6.07) is 0.398. The number of hydrogen-bond donors (Lipinski definition) is 0. The largest absolute Gasteiger partial charge is 0.465 e. The minimum absolute atomic E-state index is 0.0443. The van der Waals surface area contributed by atoms with Gasteiger partial charge in [0.1, 0.15) is 6.04 Å². The highest BCUT2D eigenvalue weighted by atomic mass is 16.5. The summed E-state index contributed by atoms with van der Waals surface area (Å²) in [5, 5.41) is 4.39. The summed E-state index contributed by atoms with van der Waals surface area (Å²) in [5.41, 5.74) is 0. The molecule has 2 aliphatic rings. The van der Waals surface area contributed by atoms with E-state index < -0.39 is 0 Å². The number of nitrogens with zero attached hydrogens (tertiary/aromatic N) is 2. The Morgan fingerprint density at radius 1 is 1.16 bits per heavy atom. The fourth-order valence-electron chi connectivity index (χ4n) is 4.02. The molecule has 0 aromatic heterocycles. The molecule has 19 heavy (non-hydrogen) atoms. The van der Waals surface area contributed by atoms with Gasteiger partial charge in [-0.05, 0) is 25.7 Å². The molecule has 0 aromatic carbocycles. The molecule has 4 unspecified atom stereocenters. The van der Waals surface area contributed by atoms with Crippen LogP contribution in [0.5, 0.6) is 0 Å². The van der Waals surface area contributed by atoms with Gasteiger partial charge in [0.25, 0.3) is 0 Å². The molecule has 4 nitrogen and oxygen atoms in total. The molecule has 0 N–H and O–H groups in total. The molecule has 4 atom stereocenters. The monoisotopic (exact) mass is 268 g/mol. The zero-order valence-corrected chi connectivity index (χ0v) is 12.8. The highest BCUT2D eigenvalue weighted by molar-refractivity contribution is 5.76. The van der Waals surface area contributed by atoms with E-state index in [0.717, 1.165) is 6.42 Å². The van der Waals surface area contributed by atoms with Crippen LogP contribution in [0, 0.1) is 11.8 Å². The molecule has 2 fully saturated rings. The number of ether oxygens (including phenoxy) is 1. The summed E-state index contributed by atoms with van der Waals surface area (Å²) in [4.78, 5) is 12.3. The van der Waals surface area contributed by atoms with E-state index in [4.69, 9.17) is 4.74 Å². The molecule has 1 aliphatic heterocycles. The van der Waals surface area contributed by atoms with Crippen LogP contribution in [0.4, 0.5) is 0 Å². The zero-order chi connectivity index (χ0) is 14.0. The van der Waals surface area contributed by atoms with Crippen LogP contribution in [-0.2, 0) is 9.53 Å². The molecule has 1 aliphatic carbocycles. The Bertz CT molecular complexity index is 321. The number of fused-ring (bicyclic) bond motifs is 1. The van der Waals surface area contributed by atoms with E-state index in [2.05, 4.69) is 24.0 Å². The lowest BCUT2D eigenvalue weighted by Crippen LogP contribution is -2.42. The van der Waals surface area contributed by atoms with Gasteiger partial charge < -0.3 is 4.74 Å². The average Bonchev–Trinajstić information content (AvgIpc) is 2.59. The van der Waals surface area contributed by atoms with Crippen molar-refractivity contribution in [2.75, 3.05) is 20.7 Å². The van der Waals surface area contributed by atoms with Crippen LogP contribution in [0.15, 0.2) is 0 Å². The van der Waals surface area contributed by atoms with Crippen LogP contribution < -0.4 is 0 Å². The summed E-state index contributed by atoms with van der Waals surface area (Å²) in [7, 11) is 4.15. The van der Waals surface area contributed by atoms with E-state index in [9.17, 15) is 4.79 Å². The second-order valence-corrected chi connectivity index (χ2v) is 6.11. The second-order valence-electron chi connectivity index (χ2n) is 6.11. The molecule has 110 valence electrons. The van der Waals surface area contributed by atoms with Gasteiger partial charge in [-0.15, -0.1) is 0 Å². The molecule has 0 spiro atoms. The zero-order valence-electron chi connectivity index (χ0n) is 12.8. The first-order valence-corrected chi connectivity index (χ1v) is 7.70. The van der Waals surface area contributed by atoms with Gasteiger partial charge in [0.15, 0.2) is 0 Å². The van der Waals surface area contributed by atoms with Crippen molar-refractivity contribution in [3.8, 4) is 0 Å². The van der Waals surface area contributed by atoms with Crippen LogP contribution >= 0.6 is 0 Å². The van der Waals surface area contributed by atoms with Crippen molar-refractivity contribution in [2.45, 2.75) is 58.0 Å². The first-order chi connectivity index (χ1) is 9.07. The molecule has 1 saturated carbocycles. The van der Waals surface area contributed by atoms with E-state index >= 15 is 0 Å². The Kier molecular flexibility index (Phi) is 4.85. The van der Waals surface area contributed by atoms with E-state index in [0.29, 0.717) is 24.5 Å². The predicted molar refractivity (Wildman–Crippen MR) is 75.5 cm³/mol. The third-order valence-electron chi connectivity index (χ3n) is 4.98. The Hall–Kier alpha value is -0.610. The second kappa shape index (κ2) is 6.23. The van der Waals surface area contributed by atoms with Gasteiger partial charge in [0.2, 0.25) is 0 Å². The summed E-state index contributed by atoms with van der Waals surface area (Å²) in [6.07, 6.45) is 6.29. The van der Waals surface area contributed by atoms with E-state index in [-0.39, 0.29) is 12.0 Å². The standard InChI is InChI=1S/C15H28N2O2/c1-5-19-15(18)14-12-10-8-6-7-9-11(2)13(12)16(3)17(14)4/h11-14H,5-10H2,1-4H3. The van der Waals surface area contributed by atoms with Gasteiger partial charge in [-0.25, -0.2) is 10.0 Å². The normalized spacial score (nSPS) is 37.5. The molecule has 1 heterocycles. The Morgan fingerprint density at radius 2 is 1.84 bits per heavy atom. The van der Waals surface area contributed by atoms with Crippen LogP contribution in [-0.4, -0.2) is 48.8 Å². The van der Waals surface area contributed by atoms with Crippen molar-refractivity contribution in [3.63, 3.8) is 0 Å². The van der Waals surface area contributed by atoms with Crippen LogP contribution in [0.25, 0.3) is 0 Å². The number of hydrazine groups is 1. The first-order valence-electron chi connectivity index (χ1n) is 7.70. The number of carbonyl (C=O) groups is 1. The molecule has 2 rings (SSSR count). The highest BCUT2D eigenvalue weighted by Gasteiger charge is 2.49. The number of esters is 1. The fraction of sp³-hybridized carbons (Fsp3) is 0.933. The minimum atomic E-state index is -0.0875. The van der Waals surface area contributed by atoms with Gasteiger partial charge in [0, 0.05) is 26.1 Å². The number of hydrogen-bond acceptors (Lipinski definition) is 4. The molecular weight excluding hydrogens is 240 g/mol. The maximum Gasteiger partial charge on any atom is 0.325 e. The lowest BCUT2D eigenvalue weighted by molar-refractivity contribution is -0.152. The number of carbonyl (C=O) groups excluding carboxylic acids is 1. The van der Waals surface area contributed by atoms with Gasteiger partial charge in [-0.1, -0.05) is 26.2 Å². The highest BCUT2D eigenvalue weighted by Crippen LogP contribution is 2.39. The molecule has 0 aromatic rings. The number of rotatable bonds is 2. The SMILES string of the molecule is CCOC(=O)C1C2CCCCCC(C)C2N(C)N1C. The smallest absolute Gasteiger partial charge is 0.325 e. The van der Waals surface area contributed by atoms with Gasteiger partial charge >= 0.3 is 5.97 Å². The van der Waals surface area contributed by atoms with Crippen molar-refractivity contribution in [2.24, 2.45) is 11.8 Å². The maximum absolute atomic E-state index is 12.3. The lowest BCUT2D eigenvalue weighted by atomic mass is 9.78.